The molecular weight excluding hydrogens is 190 g/mol. The summed E-state index contributed by atoms with van der Waals surface area (Å²) in [6.07, 6.45) is 2.90. The molecule has 2 aromatic rings. The molecule has 0 spiro atoms. The van der Waals surface area contributed by atoms with Gasteiger partial charge in [-0.2, -0.15) is 4.37 Å². The highest BCUT2D eigenvalue weighted by Gasteiger charge is 2.03. The Morgan fingerprint density at radius 2 is 2.54 bits per heavy atom. The summed E-state index contributed by atoms with van der Waals surface area (Å²) >= 11 is 1.23. The largest absolute Gasteiger partial charge is 0.428 e. The first-order valence-corrected chi connectivity index (χ1v) is 4.34. The molecule has 0 aliphatic rings. The van der Waals surface area contributed by atoms with Gasteiger partial charge in [0, 0.05) is 11.5 Å². The minimum atomic E-state index is 0.342. The Bertz CT molecular complexity index is 370. The second-order valence-electron chi connectivity index (χ2n) is 2.21. The first-order valence-electron chi connectivity index (χ1n) is 3.56. The van der Waals surface area contributed by atoms with Crippen LogP contribution in [-0.4, -0.2) is 14.3 Å². The number of aromatic nitrogens is 3. The minimum absolute atomic E-state index is 0.342. The molecule has 0 aliphatic carbocycles. The number of anilines is 2. The highest BCUT2D eigenvalue weighted by molar-refractivity contribution is 7.09. The van der Waals surface area contributed by atoms with E-state index in [0.717, 1.165) is 0 Å². The van der Waals surface area contributed by atoms with Crippen LogP contribution in [0, 0.1) is 0 Å². The van der Waals surface area contributed by atoms with E-state index < -0.39 is 0 Å². The van der Waals surface area contributed by atoms with Crippen LogP contribution >= 0.6 is 11.5 Å². The normalized spacial score (nSPS) is 10.2. The number of nitrogens with one attached hydrogen (secondary N) is 1. The van der Waals surface area contributed by atoms with Crippen LogP contribution in [0.1, 0.15) is 5.82 Å². The molecule has 7 heteroatoms. The average molecular weight is 197 g/mol. The SMILES string of the molecule is NCc1nsc(Nc2cnco2)n1. The van der Waals surface area contributed by atoms with Crippen LogP contribution in [0.3, 0.4) is 0 Å². The third kappa shape index (κ3) is 1.82. The molecule has 68 valence electrons. The smallest absolute Gasteiger partial charge is 0.219 e. The summed E-state index contributed by atoms with van der Waals surface area (Å²) in [4.78, 5) is 7.84. The summed E-state index contributed by atoms with van der Waals surface area (Å²) in [6.45, 7) is 0.342. The van der Waals surface area contributed by atoms with E-state index in [9.17, 15) is 0 Å². The molecule has 2 aromatic heterocycles. The molecule has 2 heterocycles. The Kier molecular flexibility index (Phi) is 2.19. The van der Waals surface area contributed by atoms with Crippen molar-refractivity contribution in [2.45, 2.75) is 6.54 Å². The van der Waals surface area contributed by atoms with Crippen molar-refractivity contribution < 1.29 is 4.42 Å². The minimum Gasteiger partial charge on any atom is -0.428 e. The van der Waals surface area contributed by atoms with Crippen LogP contribution in [0.15, 0.2) is 17.0 Å². The lowest BCUT2D eigenvalue weighted by molar-refractivity contribution is 0.574. The second-order valence-corrected chi connectivity index (χ2v) is 2.96. The van der Waals surface area contributed by atoms with Gasteiger partial charge in [0.1, 0.15) is 0 Å². The fourth-order valence-corrected chi connectivity index (χ4v) is 1.37. The van der Waals surface area contributed by atoms with Crippen molar-refractivity contribution in [1.29, 1.82) is 0 Å². The lowest BCUT2D eigenvalue weighted by Gasteiger charge is -1.92. The number of hydrogen-bond donors (Lipinski definition) is 2. The molecule has 2 rings (SSSR count). The number of nitrogens with two attached hydrogens (primary N) is 1. The van der Waals surface area contributed by atoms with E-state index in [4.69, 9.17) is 10.2 Å². The van der Waals surface area contributed by atoms with Crippen molar-refractivity contribution in [2.24, 2.45) is 5.73 Å². The topological polar surface area (TPSA) is 89.9 Å². The Morgan fingerprint density at radius 1 is 1.62 bits per heavy atom. The van der Waals surface area contributed by atoms with Crippen molar-refractivity contribution >= 4 is 22.5 Å². The third-order valence-corrected chi connectivity index (χ3v) is 1.98. The van der Waals surface area contributed by atoms with E-state index in [1.807, 2.05) is 0 Å². The number of rotatable bonds is 3. The first kappa shape index (κ1) is 8.14. The van der Waals surface area contributed by atoms with Gasteiger partial charge in [0.05, 0.1) is 12.7 Å². The molecule has 0 saturated heterocycles. The van der Waals surface area contributed by atoms with Gasteiger partial charge in [-0.05, 0) is 0 Å². The van der Waals surface area contributed by atoms with Crippen molar-refractivity contribution in [3.8, 4) is 0 Å². The van der Waals surface area contributed by atoms with Gasteiger partial charge in [-0.3, -0.25) is 5.32 Å². The summed E-state index contributed by atoms with van der Waals surface area (Å²) in [7, 11) is 0. The van der Waals surface area contributed by atoms with Crippen LogP contribution < -0.4 is 11.1 Å². The Morgan fingerprint density at radius 3 is 3.15 bits per heavy atom. The summed E-state index contributed by atoms with van der Waals surface area (Å²) in [5.74, 6) is 1.16. The second kappa shape index (κ2) is 3.50. The zero-order valence-electron chi connectivity index (χ0n) is 6.60. The highest BCUT2D eigenvalue weighted by Crippen LogP contribution is 2.17. The lowest BCUT2D eigenvalue weighted by atomic mass is 10.6. The zero-order valence-corrected chi connectivity index (χ0v) is 7.41. The van der Waals surface area contributed by atoms with Crippen LogP contribution in [0.2, 0.25) is 0 Å². The van der Waals surface area contributed by atoms with Crippen molar-refractivity contribution in [3.05, 3.63) is 18.4 Å². The summed E-state index contributed by atoms with van der Waals surface area (Å²) in [5.41, 5.74) is 5.35. The van der Waals surface area contributed by atoms with E-state index in [-0.39, 0.29) is 0 Å². The number of oxazole rings is 1. The van der Waals surface area contributed by atoms with E-state index in [1.54, 1.807) is 6.20 Å². The molecule has 0 aliphatic heterocycles. The highest BCUT2D eigenvalue weighted by atomic mass is 32.1. The van der Waals surface area contributed by atoms with E-state index in [2.05, 4.69) is 19.7 Å². The van der Waals surface area contributed by atoms with E-state index >= 15 is 0 Å². The van der Waals surface area contributed by atoms with Gasteiger partial charge < -0.3 is 10.2 Å². The van der Waals surface area contributed by atoms with Gasteiger partial charge in [-0.15, -0.1) is 0 Å². The molecule has 0 amide bonds. The molecule has 0 unspecified atom stereocenters. The van der Waals surface area contributed by atoms with Gasteiger partial charge in [0.15, 0.2) is 12.2 Å². The molecule has 0 aromatic carbocycles. The predicted molar refractivity (Wildman–Crippen MR) is 47.6 cm³/mol. The molecule has 0 atom stereocenters. The van der Waals surface area contributed by atoms with Gasteiger partial charge in [-0.1, -0.05) is 0 Å². The van der Waals surface area contributed by atoms with Crippen molar-refractivity contribution in [2.75, 3.05) is 5.32 Å². The van der Waals surface area contributed by atoms with Gasteiger partial charge >= 0.3 is 0 Å². The Balaban J connectivity index is 2.10. The number of nitrogens with zero attached hydrogens (tertiary/aromatic N) is 3. The van der Waals surface area contributed by atoms with Crippen molar-refractivity contribution in [3.63, 3.8) is 0 Å². The maximum atomic E-state index is 5.35. The van der Waals surface area contributed by atoms with Gasteiger partial charge in [0.2, 0.25) is 11.0 Å². The van der Waals surface area contributed by atoms with E-state index in [0.29, 0.717) is 23.4 Å². The Hall–Kier alpha value is -1.47. The fraction of sp³-hybridized carbons (Fsp3) is 0.167. The summed E-state index contributed by atoms with van der Waals surface area (Å²) < 4.78 is 8.96. The lowest BCUT2D eigenvalue weighted by Crippen LogP contribution is -1.98. The number of hydrogen-bond acceptors (Lipinski definition) is 7. The molecule has 0 bridgehead atoms. The molecule has 13 heavy (non-hydrogen) atoms. The molecule has 3 N–H and O–H groups in total. The van der Waals surface area contributed by atoms with Gasteiger partial charge in [0.25, 0.3) is 0 Å². The van der Waals surface area contributed by atoms with Crippen molar-refractivity contribution in [1.82, 2.24) is 14.3 Å². The third-order valence-electron chi connectivity index (χ3n) is 1.31. The van der Waals surface area contributed by atoms with Crippen LogP contribution in [0.4, 0.5) is 11.0 Å². The standard InChI is InChI=1S/C6H7N5OS/c7-1-4-9-6(13-11-4)10-5-2-8-3-12-5/h2-3H,1,7H2,(H,9,10,11). The molecule has 0 saturated carbocycles. The molecule has 6 nitrogen and oxygen atoms in total. The molecular formula is C6H7N5OS. The van der Waals surface area contributed by atoms with E-state index in [1.165, 1.54) is 17.9 Å². The zero-order chi connectivity index (χ0) is 9.10. The summed E-state index contributed by atoms with van der Waals surface area (Å²) in [5, 5.41) is 3.55. The van der Waals surface area contributed by atoms with Crippen LogP contribution in [-0.2, 0) is 6.54 Å². The maximum Gasteiger partial charge on any atom is 0.219 e. The predicted octanol–water partition coefficient (Wildman–Crippen LogP) is 0.728. The molecule has 0 radical (unpaired) electrons. The van der Waals surface area contributed by atoms with Crippen LogP contribution in [0.25, 0.3) is 0 Å². The first-order chi connectivity index (χ1) is 6.38. The van der Waals surface area contributed by atoms with Gasteiger partial charge in [-0.25, -0.2) is 9.97 Å². The fourth-order valence-electron chi connectivity index (χ4n) is 0.771. The Labute approximate surface area is 78.0 Å². The summed E-state index contributed by atoms with van der Waals surface area (Å²) in [6, 6.07) is 0. The quantitative estimate of drug-likeness (QED) is 0.753. The monoisotopic (exact) mass is 197 g/mol. The maximum absolute atomic E-state index is 5.35. The molecule has 0 fully saturated rings. The average Bonchev–Trinajstić information content (AvgIpc) is 2.76. The van der Waals surface area contributed by atoms with Crippen LogP contribution in [0.5, 0.6) is 0 Å².